The van der Waals surface area contributed by atoms with Crippen molar-refractivity contribution in [1.29, 1.82) is 0 Å². The van der Waals surface area contributed by atoms with Crippen LogP contribution < -0.4 is 24.4 Å². The first-order valence-electron chi connectivity index (χ1n) is 13.7. The summed E-state index contributed by atoms with van der Waals surface area (Å²) in [5.41, 5.74) is 2.42. The van der Waals surface area contributed by atoms with Crippen molar-refractivity contribution >= 4 is 73.1 Å². The number of hydrogen-bond donors (Lipinski definition) is 1. The number of benzene rings is 3. The fourth-order valence-corrected chi connectivity index (χ4v) is 6.72. The molecule has 14 heteroatoms. The molecule has 5 aromatic rings. The van der Waals surface area contributed by atoms with E-state index in [1.807, 2.05) is 24.3 Å². The molecule has 12 nitrogen and oxygen atoms in total. The Morgan fingerprint density at radius 2 is 1.80 bits per heavy atom. The van der Waals surface area contributed by atoms with Gasteiger partial charge in [-0.3, -0.25) is 24.9 Å². The molecular weight excluding hydrogens is 624 g/mol. The maximum absolute atomic E-state index is 14.3. The van der Waals surface area contributed by atoms with Crippen LogP contribution in [-0.2, 0) is 11.3 Å². The molecule has 0 saturated carbocycles. The first-order valence-corrected chi connectivity index (χ1v) is 15.0. The third-order valence-corrected chi connectivity index (χ3v) is 9.06. The Morgan fingerprint density at radius 3 is 2.47 bits per heavy atom. The molecule has 0 bridgehead atoms. The SMILES string of the molecule is COc1cc2ccn(C(=O)N3CC(CCl)c4c3cc(NC(=O)OCc3ccc([N+](=O)[O-])s3)c3ccccc43)c2c(OC)c1OC. The van der Waals surface area contributed by atoms with E-state index < -0.39 is 11.0 Å². The van der Waals surface area contributed by atoms with Gasteiger partial charge in [0.2, 0.25) is 5.75 Å². The first-order chi connectivity index (χ1) is 21.8. The lowest BCUT2D eigenvalue weighted by Crippen LogP contribution is -2.33. The Morgan fingerprint density at radius 1 is 1.04 bits per heavy atom. The maximum Gasteiger partial charge on any atom is 0.412 e. The predicted octanol–water partition coefficient (Wildman–Crippen LogP) is 7.35. The molecule has 3 heterocycles. The van der Waals surface area contributed by atoms with Crippen LogP contribution in [0, 0.1) is 10.1 Å². The van der Waals surface area contributed by atoms with Gasteiger partial charge in [0, 0.05) is 46.3 Å². The average Bonchev–Trinajstić information content (AvgIpc) is 3.79. The number of carbonyl (C=O) groups excluding carboxylic acids is 2. The van der Waals surface area contributed by atoms with Crippen molar-refractivity contribution in [2.75, 3.05) is 44.0 Å². The average molecular weight is 651 g/mol. The molecule has 0 fully saturated rings. The van der Waals surface area contributed by atoms with Gasteiger partial charge in [0.25, 0.3) is 0 Å². The summed E-state index contributed by atoms with van der Waals surface area (Å²) in [7, 11) is 4.52. The number of hydrogen-bond acceptors (Lipinski definition) is 9. The van der Waals surface area contributed by atoms with E-state index in [-0.39, 0.29) is 29.4 Å². The maximum atomic E-state index is 14.3. The fourth-order valence-electron chi connectivity index (χ4n) is 5.74. The quantitative estimate of drug-likeness (QED) is 0.105. The zero-order chi connectivity index (χ0) is 31.8. The molecule has 2 aromatic heterocycles. The summed E-state index contributed by atoms with van der Waals surface area (Å²) in [6, 6.07) is 15.4. The number of amides is 2. The number of nitrogens with zero attached hydrogens (tertiary/aromatic N) is 3. The lowest BCUT2D eigenvalue weighted by Gasteiger charge is -2.21. The van der Waals surface area contributed by atoms with Crippen LogP contribution in [-0.4, -0.2) is 55.4 Å². The van der Waals surface area contributed by atoms with Crippen LogP contribution in [0.5, 0.6) is 17.2 Å². The monoisotopic (exact) mass is 650 g/mol. The molecule has 2 amide bonds. The molecule has 232 valence electrons. The van der Waals surface area contributed by atoms with Crippen molar-refractivity contribution in [1.82, 2.24) is 4.57 Å². The molecule has 45 heavy (non-hydrogen) atoms. The van der Waals surface area contributed by atoms with Crippen LogP contribution in [0.25, 0.3) is 21.7 Å². The minimum atomic E-state index is -0.747. The van der Waals surface area contributed by atoms with Crippen LogP contribution >= 0.6 is 22.9 Å². The van der Waals surface area contributed by atoms with Gasteiger partial charge in [-0.2, -0.15) is 0 Å². The molecular formula is C31H27ClN4O8S. The van der Waals surface area contributed by atoms with E-state index in [0.717, 1.165) is 27.7 Å². The second kappa shape index (κ2) is 12.2. The smallest absolute Gasteiger partial charge is 0.412 e. The summed E-state index contributed by atoms with van der Waals surface area (Å²) in [4.78, 5) is 39.9. The molecule has 6 rings (SSSR count). The first kappa shape index (κ1) is 30.0. The number of rotatable bonds is 8. The molecule has 0 saturated heterocycles. The summed E-state index contributed by atoms with van der Waals surface area (Å²) in [5, 5.41) is 16.1. The van der Waals surface area contributed by atoms with Crippen LogP contribution in [0.4, 0.5) is 26.0 Å². The van der Waals surface area contributed by atoms with Gasteiger partial charge in [-0.05, 0) is 35.2 Å². The summed E-state index contributed by atoms with van der Waals surface area (Å²) in [6.45, 7) is 0.172. The molecule has 1 aliphatic rings. The summed E-state index contributed by atoms with van der Waals surface area (Å²) < 4.78 is 23.6. The Balaban J connectivity index is 1.38. The van der Waals surface area contributed by atoms with Crippen molar-refractivity contribution in [2.45, 2.75) is 12.5 Å². The molecule has 0 radical (unpaired) electrons. The lowest BCUT2D eigenvalue weighted by atomic mass is 9.95. The normalized spacial score (nSPS) is 14.0. The van der Waals surface area contributed by atoms with Crippen molar-refractivity contribution < 1.29 is 33.5 Å². The predicted molar refractivity (Wildman–Crippen MR) is 172 cm³/mol. The lowest BCUT2D eigenvalue weighted by molar-refractivity contribution is -0.380. The van der Waals surface area contributed by atoms with Crippen LogP contribution in [0.3, 0.4) is 0 Å². The van der Waals surface area contributed by atoms with Gasteiger partial charge in [0.15, 0.2) is 11.5 Å². The molecule has 1 aliphatic heterocycles. The Hall–Kier alpha value is -5.01. The Labute approximate surface area is 265 Å². The summed E-state index contributed by atoms with van der Waals surface area (Å²) in [6.07, 6.45) is 0.914. The zero-order valence-electron chi connectivity index (χ0n) is 24.4. The second-order valence-electron chi connectivity index (χ2n) is 10.1. The third kappa shape index (κ3) is 5.23. The highest BCUT2D eigenvalue weighted by Crippen LogP contribution is 2.47. The number of alkyl halides is 1. The van der Waals surface area contributed by atoms with Crippen LogP contribution in [0.1, 0.15) is 16.4 Å². The van der Waals surface area contributed by atoms with Crippen LogP contribution in [0.2, 0.25) is 0 Å². The second-order valence-corrected chi connectivity index (χ2v) is 11.6. The van der Waals surface area contributed by atoms with Gasteiger partial charge in [-0.15, -0.1) is 11.6 Å². The highest BCUT2D eigenvalue weighted by Gasteiger charge is 2.36. The van der Waals surface area contributed by atoms with Crippen molar-refractivity contribution in [3.63, 3.8) is 0 Å². The van der Waals surface area contributed by atoms with Crippen molar-refractivity contribution in [3.8, 4) is 17.2 Å². The van der Waals surface area contributed by atoms with Gasteiger partial charge >= 0.3 is 17.1 Å². The van der Waals surface area contributed by atoms with E-state index in [4.69, 9.17) is 30.5 Å². The third-order valence-electron chi connectivity index (χ3n) is 7.68. The van der Waals surface area contributed by atoms with Crippen LogP contribution in [0.15, 0.2) is 60.8 Å². The number of carbonyl (C=O) groups is 2. The summed E-state index contributed by atoms with van der Waals surface area (Å²) in [5.74, 6) is 1.26. The van der Waals surface area contributed by atoms with Gasteiger partial charge in [0.1, 0.15) is 12.1 Å². The molecule has 1 N–H and O–H groups in total. The standard InChI is InChI=1S/C31H27ClN4O8S/c1-41-24-12-17-10-11-34(27(17)29(43-3)28(24)42-2)31(38)35-15-18(14-32)26-21-7-5-4-6-20(21)22(13-23(26)35)33-30(37)44-16-19-8-9-25(45-19)36(39)40/h4-13,18H,14-16H2,1-3H3,(H,33,37). The van der Waals surface area contributed by atoms with E-state index in [2.05, 4.69) is 5.32 Å². The highest BCUT2D eigenvalue weighted by atomic mass is 35.5. The van der Waals surface area contributed by atoms with E-state index in [0.29, 0.717) is 50.9 Å². The van der Waals surface area contributed by atoms with E-state index in [1.54, 1.807) is 35.4 Å². The van der Waals surface area contributed by atoms with E-state index >= 15 is 0 Å². The number of nitro groups is 1. The number of halogens is 1. The number of methoxy groups -OCH3 is 3. The van der Waals surface area contributed by atoms with Gasteiger partial charge in [-0.25, -0.2) is 9.59 Å². The van der Waals surface area contributed by atoms with Gasteiger partial charge in [-0.1, -0.05) is 35.6 Å². The topological polar surface area (TPSA) is 134 Å². The van der Waals surface area contributed by atoms with Gasteiger partial charge < -0.3 is 18.9 Å². The van der Waals surface area contributed by atoms with Gasteiger partial charge in [0.05, 0.1) is 37.6 Å². The van der Waals surface area contributed by atoms with E-state index in [1.165, 1.54) is 32.0 Å². The minimum absolute atomic E-state index is 0.0390. The zero-order valence-corrected chi connectivity index (χ0v) is 25.9. The molecule has 3 aromatic carbocycles. The van der Waals surface area contributed by atoms with Crippen molar-refractivity contribution in [2.24, 2.45) is 0 Å². The highest BCUT2D eigenvalue weighted by molar-refractivity contribution is 7.15. The fraction of sp³-hybridized carbons (Fsp3) is 0.226. The Kier molecular flexibility index (Phi) is 8.12. The molecule has 1 unspecified atom stereocenters. The van der Waals surface area contributed by atoms with Crippen molar-refractivity contribution in [3.05, 3.63) is 81.3 Å². The largest absolute Gasteiger partial charge is 0.493 e. The number of aromatic nitrogens is 1. The van der Waals surface area contributed by atoms with E-state index in [9.17, 15) is 19.7 Å². The Bertz CT molecular complexity index is 1970. The number of fused-ring (bicyclic) bond motifs is 4. The minimum Gasteiger partial charge on any atom is -0.493 e. The number of ether oxygens (including phenoxy) is 4. The molecule has 1 atom stereocenters. The number of nitrogens with one attached hydrogen (secondary N) is 1. The molecule has 0 aliphatic carbocycles. The molecule has 0 spiro atoms. The number of thiophene rings is 1. The summed E-state index contributed by atoms with van der Waals surface area (Å²) >= 11 is 7.40. The number of anilines is 2.